The summed E-state index contributed by atoms with van der Waals surface area (Å²) in [6.07, 6.45) is 3.66. The first-order valence-electron chi connectivity index (χ1n) is 8.81. The van der Waals surface area contributed by atoms with Crippen molar-refractivity contribution in [3.8, 4) is 17.0 Å². The van der Waals surface area contributed by atoms with Crippen LogP contribution in [0.25, 0.3) is 16.9 Å². The number of nitrogens with zero attached hydrogens (tertiary/aromatic N) is 3. The minimum absolute atomic E-state index is 0.0733. The van der Waals surface area contributed by atoms with Gasteiger partial charge in [-0.25, -0.2) is 23.5 Å². The van der Waals surface area contributed by atoms with Crippen molar-refractivity contribution in [3.63, 3.8) is 0 Å². The zero-order valence-electron chi connectivity index (χ0n) is 15.6. The molecule has 0 bridgehead atoms. The van der Waals surface area contributed by atoms with Crippen molar-refractivity contribution >= 4 is 21.5 Å². The molecule has 29 heavy (non-hydrogen) atoms. The molecule has 0 saturated heterocycles. The molecule has 4 N–H and O–H groups in total. The number of nitrogens with two attached hydrogens (primary N) is 1. The summed E-state index contributed by atoms with van der Waals surface area (Å²) in [5, 5.41) is 17.9. The Hall–Kier alpha value is -3.43. The van der Waals surface area contributed by atoms with E-state index < -0.39 is 10.0 Å². The molecule has 4 aromatic rings. The van der Waals surface area contributed by atoms with Crippen molar-refractivity contribution in [2.75, 3.05) is 5.32 Å². The maximum atomic E-state index is 11.4. The summed E-state index contributed by atoms with van der Waals surface area (Å²) in [4.78, 5) is 9.11. The summed E-state index contributed by atoms with van der Waals surface area (Å²) in [6, 6.07) is 13.3. The van der Waals surface area contributed by atoms with Crippen LogP contribution in [0.15, 0.2) is 65.8 Å². The minimum atomic E-state index is -3.71. The van der Waals surface area contributed by atoms with Crippen molar-refractivity contribution in [1.29, 1.82) is 0 Å². The third-order valence-corrected chi connectivity index (χ3v) is 5.42. The summed E-state index contributed by atoms with van der Waals surface area (Å²) in [6.45, 7) is 2.34. The molecule has 0 amide bonds. The van der Waals surface area contributed by atoms with Gasteiger partial charge in [0, 0.05) is 18.3 Å². The monoisotopic (exact) mass is 409 g/mol. The Labute approximate surface area is 167 Å². The van der Waals surface area contributed by atoms with E-state index in [1.54, 1.807) is 30.5 Å². The van der Waals surface area contributed by atoms with Crippen LogP contribution in [0.5, 0.6) is 5.75 Å². The largest absolute Gasteiger partial charge is 0.508 e. The van der Waals surface area contributed by atoms with Gasteiger partial charge in [-0.15, -0.1) is 0 Å². The van der Waals surface area contributed by atoms with Gasteiger partial charge in [-0.3, -0.25) is 4.40 Å². The number of imidazole rings is 1. The summed E-state index contributed by atoms with van der Waals surface area (Å²) in [5.74, 6) is 0.821. The number of anilines is 1. The molecule has 0 aliphatic carbocycles. The standard InChI is InChI=1S/C20H19N5O3S/c1-13-12-25-18(15-4-6-16(26)7-5-15)11-23-20(25)19(24-13)22-10-14-2-8-17(9-3-14)29(21,27)28/h2-9,11-12,26H,10H2,1H3,(H,22,24)(H2,21,27,28). The molecule has 0 fully saturated rings. The fourth-order valence-electron chi connectivity index (χ4n) is 3.06. The van der Waals surface area contributed by atoms with E-state index in [9.17, 15) is 13.5 Å². The van der Waals surface area contributed by atoms with Crippen LogP contribution in [0.2, 0.25) is 0 Å². The van der Waals surface area contributed by atoms with Gasteiger partial charge >= 0.3 is 0 Å². The molecular weight excluding hydrogens is 390 g/mol. The van der Waals surface area contributed by atoms with E-state index in [-0.39, 0.29) is 10.6 Å². The Morgan fingerprint density at radius 3 is 2.45 bits per heavy atom. The molecule has 0 spiro atoms. The van der Waals surface area contributed by atoms with Crippen LogP contribution in [-0.4, -0.2) is 27.9 Å². The molecule has 4 rings (SSSR count). The van der Waals surface area contributed by atoms with Gasteiger partial charge in [0.1, 0.15) is 5.75 Å². The van der Waals surface area contributed by atoms with Gasteiger partial charge in [-0.1, -0.05) is 12.1 Å². The smallest absolute Gasteiger partial charge is 0.238 e. The number of fused-ring (bicyclic) bond motifs is 1. The molecule has 148 valence electrons. The highest BCUT2D eigenvalue weighted by Gasteiger charge is 2.12. The van der Waals surface area contributed by atoms with Crippen molar-refractivity contribution in [3.05, 3.63) is 72.2 Å². The number of aryl methyl sites for hydroxylation is 1. The number of primary sulfonamides is 1. The lowest BCUT2D eigenvalue weighted by Gasteiger charge is -2.10. The van der Waals surface area contributed by atoms with Gasteiger partial charge in [0.2, 0.25) is 10.0 Å². The SMILES string of the molecule is Cc1cn2c(-c3ccc(O)cc3)cnc2c(NCc2ccc(S(N)(=O)=O)cc2)n1. The molecule has 0 unspecified atom stereocenters. The predicted molar refractivity (Wildman–Crippen MR) is 110 cm³/mol. The molecule has 0 aliphatic rings. The van der Waals surface area contributed by atoms with Gasteiger partial charge < -0.3 is 10.4 Å². The summed E-state index contributed by atoms with van der Waals surface area (Å²) in [7, 11) is -3.71. The molecule has 9 heteroatoms. The van der Waals surface area contributed by atoms with Crippen LogP contribution >= 0.6 is 0 Å². The molecule has 0 atom stereocenters. The number of hydrogen-bond donors (Lipinski definition) is 3. The number of hydrogen-bond acceptors (Lipinski definition) is 6. The summed E-state index contributed by atoms with van der Waals surface area (Å²) >= 11 is 0. The Morgan fingerprint density at radius 1 is 1.10 bits per heavy atom. The first-order chi connectivity index (χ1) is 13.8. The van der Waals surface area contributed by atoms with Gasteiger partial charge in [0.15, 0.2) is 11.5 Å². The Kier molecular flexibility index (Phi) is 4.69. The van der Waals surface area contributed by atoms with E-state index in [4.69, 9.17) is 5.14 Å². The number of rotatable bonds is 5. The van der Waals surface area contributed by atoms with E-state index >= 15 is 0 Å². The molecule has 0 saturated carbocycles. The topological polar surface area (TPSA) is 123 Å². The Morgan fingerprint density at radius 2 is 1.79 bits per heavy atom. The molecule has 8 nitrogen and oxygen atoms in total. The molecule has 0 aliphatic heterocycles. The van der Waals surface area contributed by atoms with Gasteiger partial charge in [-0.05, 0) is 48.9 Å². The highest BCUT2D eigenvalue weighted by molar-refractivity contribution is 7.89. The van der Waals surface area contributed by atoms with Crippen LogP contribution in [0.4, 0.5) is 5.82 Å². The maximum Gasteiger partial charge on any atom is 0.238 e. The molecule has 2 heterocycles. The minimum Gasteiger partial charge on any atom is -0.508 e. The molecule has 2 aromatic heterocycles. The van der Waals surface area contributed by atoms with E-state index in [2.05, 4.69) is 15.3 Å². The van der Waals surface area contributed by atoms with Crippen molar-refractivity contribution < 1.29 is 13.5 Å². The highest BCUT2D eigenvalue weighted by atomic mass is 32.2. The van der Waals surface area contributed by atoms with Crippen LogP contribution in [-0.2, 0) is 16.6 Å². The second kappa shape index (κ2) is 7.19. The quantitative estimate of drug-likeness (QED) is 0.466. The molecule has 2 aromatic carbocycles. The Balaban J connectivity index is 1.63. The van der Waals surface area contributed by atoms with Gasteiger partial charge in [0.05, 0.1) is 22.5 Å². The average molecular weight is 409 g/mol. The van der Waals surface area contributed by atoms with Gasteiger partial charge in [-0.2, -0.15) is 0 Å². The molecule has 0 radical (unpaired) electrons. The fraction of sp³-hybridized carbons (Fsp3) is 0.100. The highest BCUT2D eigenvalue weighted by Crippen LogP contribution is 2.26. The van der Waals surface area contributed by atoms with Crippen LogP contribution < -0.4 is 10.5 Å². The van der Waals surface area contributed by atoms with E-state index in [0.717, 1.165) is 22.5 Å². The van der Waals surface area contributed by atoms with E-state index in [1.807, 2.05) is 29.7 Å². The number of benzene rings is 2. The summed E-state index contributed by atoms with van der Waals surface area (Å²) in [5.41, 5.74) is 4.16. The first-order valence-corrected chi connectivity index (χ1v) is 10.4. The van der Waals surface area contributed by atoms with Crippen molar-refractivity contribution in [1.82, 2.24) is 14.4 Å². The third-order valence-electron chi connectivity index (χ3n) is 4.49. The predicted octanol–water partition coefficient (Wildman–Crippen LogP) is 2.67. The first kappa shape index (κ1) is 18.9. The lowest BCUT2D eigenvalue weighted by molar-refractivity contribution is 0.475. The lowest BCUT2D eigenvalue weighted by atomic mass is 10.1. The summed E-state index contributed by atoms with van der Waals surface area (Å²) < 4.78 is 24.7. The lowest BCUT2D eigenvalue weighted by Crippen LogP contribution is -2.12. The number of phenols is 1. The van der Waals surface area contributed by atoms with Crippen LogP contribution in [0.1, 0.15) is 11.3 Å². The van der Waals surface area contributed by atoms with Crippen LogP contribution in [0, 0.1) is 6.92 Å². The van der Waals surface area contributed by atoms with E-state index in [0.29, 0.717) is 18.0 Å². The number of aromatic nitrogens is 3. The van der Waals surface area contributed by atoms with Crippen molar-refractivity contribution in [2.24, 2.45) is 5.14 Å². The zero-order chi connectivity index (χ0) is 20.6. The fourth-order valence-corrected chi connectivity index (χ4v) is 3.57. The second-order valence-electron chi connectivity index (χ2n) is 6.66. The van der Waals surface area contributed by atoms with Crippen LogP contribution in [0.3, 0.4) is 0 Å². The average Bonchev–Trinajstić information content (AvgIpc) is 3.10. The number of phenolic OH excluding ortho intramolecular Hbond substituents is 1. The Bertz CT molecular complexity index is 1280. The maximum absolute atomic E-state index is 11.4. The second-order valence-corrected chi connectivity index (χ2v) is 8.22. The molecular formula is C20H19N5O3S. The normalized spacial score (nSPS) is 11.7. The number of nitrogens with one attached hydrogen (secondary N) is 1. The van der Waals surface area contributed by atoms with E-state index in [1.165, 1.54) is 12.1 Å². The third kappa shape index (κ3) is 3.91. The zero-order valence-corrected chi connectivity index (χ0v) is 16.4. The number of sulfonamides is 1. The number of aromatic hydroxyl groups is 1. The van der Waals surface area contributed by atoms with Crippen molar-refractivity contribution in [2.45, 2.75) is 18.4 Å². The van der Waals surface area contributed by atoms with Gasteiger partial charge in [0.25, 0.3) is 0 Å².